The zero-order chi connectivity index (χ0) is 15.6. The molecule has 0 N–H and O–H groups in total. The lowest BCUT2D eigenvalue weighted by Gasteiger charge is -2.32. The van der Waals surface area contributed by atoms with Gasteiger partial charge < -0.3 is 9.64 Å². The van der Waals surface area contributed by atoms with Crippen molar-refractivity contribution in [1.29, 1.82) is 0 Å². The molecule has 116 valence electrons. The molecule has 3 rings (SSSR count). The highest BCUT2D eigenvalue weighted by Gasteiger charge is 2.20. The highest BCUT2D eigenvalue weighted by atomic mass is 16.5. The first-order chi connectivity index (χ1) is 10.6. The van der Waals surface area contributed by atoms with Gasteiger partial charge in [-0.1, -0.05) is 57.2 Å². The van der Waals surface area contributed by atoms with Gasteiger partial charge >= 0.3 is 0 Å². The van der Waals surface area contributed by atoms with Gasteiger partial charge in [-0.15, -0.1) is 0 Å². The van der Waals surface area contributed by atoms with Crippen LogP contribution in [-0.2, 0) is 10.2 Å². The second-order valence-electron chi connectivity index (χ2n) is 6.95. The molecule has 2 heteroatoms. The third kappa shape index (κ3) is 3.17. The van der Waals surface area contributed by atoms with Crippen molar-refractivity contribution >= 4 is 5.69 Å². The molecule has 0 aliphatic carbocycles. The van der Waals surface area contributed by atoms with E-state index in [-0.39, 0.29) is 5.41 Å². The van der Waals surface area contributed by atoms with Crippen molar-refractivity contribution in [1.82, 2.24) is 0 Å². The summed E-state index contributed by atoms with van der Waals surface area (Å²) in [6.07, 6.45) is 0. The average Bonchev–Trinajstić information content (AvgIpc) is 2.55. The van der Waals surface area contributed by atoms with E-state index in [2.05, 4.69) is 74.2 Å². The molecule has 1 aliphatic rings. The van der Waals surface area contributed by atoms with Crippen LogP contribution in [0.15, 0.2) is 48.5 Å². The molecular weight excluding hydrogens is 270 g/mol. The summed E-state index contributed by atoms with van der Waals surface area (Å²) in [6, 6.07) is 17.6. The summed E-state index contributed by atoms with van der Waals surface area (Å²) < 4.78 is 5.50. The predicted molar refractivity (Wildman–Crippen MR) is 93.6 cm³/mol. The van der Waals surface area contributed by atoms with Crippen LogP contribution in [0.4, 0.5) is 5.69 Å². The smallest absolute Gasteiger partial charge is 0.0642 e. The van der Waals surface area contributed by atoms with E-state index in [1.807, 2.05) is 0 Å². The molecular formula is C20H25NO. The van der Waals surface area contributed by atoms with E-state index < -0.39 is 0 Å². The maximum absolute atomic E-state index is 5.50. The second-order valence-corrected chi connectivity index (χ2v) is 6.95. The van der Waals surface area contributed by atoms with E-state index in [1.165, 1.54) is 22.4 Å². The Bertz CT molecular complexity index is 622. The monoisotopic (exact) mass is 295 g/mol. The Hall–Kier alpha value is -1.80. The lowest BCUT2D eigenvalue weighted by Crippen LogP contribution is -2.36. The van der Waals surface area contributed by atoms with E-state index in [1.54, 1.807) is 0 Å². The first-order valence-corrected chi connectivity index (χ1v) is 8.08. The van der Waals surface area contributed by atoms with Crippen LogP contribution in [0.25, 0.3) is 11.1 Å². The molecule has 0 bridgehead atoms. The summed E-state index contributed by atoms with van der Waals surface area (Å²) in [6.45, 7) is 10.4. The molecule has 0 aromatic heterocycles. The summed E-state index contributed by atoms with van der Waals surface area (Å²) in [5, 5.41) is 0. The van der Waals surface area contributed by atoms with Gasteiger partial charge in [-0.3, -0.25) is 0 Å². The summed E-state index contributed by atoms with van der Waals surface area (Å²) in [5.41, 5.74) is 5.48. The Morgan fingerprint density at radius 3 is 2.23 bits per heavy atom. The highest BCUT2D eigenvalue weighted by Crippen LogP contribution is 2.35. The minimum Gasteiger partial charge on any atom is -0.378 e. The SMILES string of the molecule is CC(C)(C)c1ccc(N2CCOCC2)c(-c2ccccc2)c1. The molecule has 0 radical (unpaired) electrons. The number of nitrogens with zero attached hydrogens (tertiary/aromatic N) is 1. The molecule has 1 saturated heterocycles. The van der Waals surface area contributed by atoms with Gasteiger partial charge in [-0.2, -0.15) is 0 Å². The van der Waals surface area contributed by atoms with Gasteiger partial charge in [0.2, 0.25) is 0 Å². The number of hydrogen-bond acceptors (Lipinski definition) is 2. The summed E-state index contributed by atoms with van der Waals surface area (Å²) in [5.74, 6) is 0. The standard InChI is InChI=1S/C20H25NO/c1-20(2,3)17-9-10-19(21-11-13-22-14-12-21)18(15-17)16-7-5-4-6-8-16/h4-10,15H,11-14H2,1-3H3. The fourth-order valence-corrected chi connectivity index (χ4v) is 2.93. The number of rotatable bonds is 2. The van der Waals surface area contributed by atoms with Crippen molar-refractivity contribution in [3.8, 4) is 11.1 Å². The molecule has 2 nitrogen and oxygen atoms in total. The van der Waals surface area contributed by atoms with Crippen LogP contribution < -0.4 is 4.90 Å². The van der Waals surface area contributed by atoms with E-state index in [0.717, 1.165) is 26.3 Å². The van der Waals surface area contributed by atoms with Crippen molar-refractivity contribution in [3.63, 3.8) is 0 Å². The molecule has 0 saturated carbocycles. The molecule has 1 fully saturated rings. The van der Waals surface area contributed by atoms with Crippen molar-refractivity contribution in [3.05, 3.63) is 54.1 Å². The first-order valence-electron chi connectivity index (χ1n) is 8.08. The Labute approximate surface area is 133 Å². The van der Waals surface area contributed by atoms with Gasteiger partial charge in [0.25, 0.3) is 0 Å². The van der Waals surface area contributed by atoms with Crippen molar-refractivity contribution in [2.24, 2.45) is 0 Å². The Morgan fingerprint density at radius 2 is 1.59 bits per heavy atom. The second kappa shape index (κ2) is 6.13. The maximum Gasteiger partial charge on any atom is 0.0642 e. The van der Waals surface area contributed by atoms with Crippen molar-refractivity contribution < 1.29 is 4.74 Å². The van der Waals surface area contributed by atoms with Gasteiger partial charge in [0, 0.05) is 24.3 Å². The molecule has 0 amide bonds. The molecule has 1 heterocycles. The quantitative estimate of drug-likeness (QED) is 0.809. The maximum atomic E-state index is 5.50. The highest BCUT2D eigenvalue weighted by molar-refractivity contribution is 5.79. The fourth-order valence-electron chi connectivity index (χ4n) is 2.93. The molecule has 2 aromatic carbocycles. The fraction of sp³-hybridized carbons (Fsp3) is 0.400. The zero-order valence-corrected chi connectivity index (χ0v) is 13.8. The van der Waals surface area contributed by atoms with E-state index >= 15 is 0 Å². The van der Waals surface area contributed by atoms with E-state index in [4.69, 9.17) is 4.74 Å². The lowest BCUT2D eigenvalue weighted by molar-refractivity contribution is 0.123. The number of benzene rings is 2. The van der Waals surface area contributed by atoms with Crippen LogP contribution in [0.5, 0.6) is 0 Å². The van der Waals surface area contributed by atoms with Gasteiger partial charge in [0.05, 0.1) is 13.2 Å². The molecule has 22 heavy (non-hydrogen) atoms. The van der Waals surface area contributed by atoms with E-state index in [0.29, 0.717) is 0 Å². The molecule has 0 spiro atoms. The summed E-state index contributed by atoms with van der Waals surface area (Å²) in [7, 11) is 0. The topological polar surface area (TPSA) is 12.5 Å². The van der Waals surface area contributed by atoms with Crippen LogP contribution in [0.3, 0.4) is 0 Å². The number of ether oxygens (including phenoxy) is 1. The third-order valence-corrected chi connectivity index (χ3v) is 4.30. The van der Waals surface area contributed by atoms with Gasteiger partial charge in [0.15, 0.2) is 0 Å². The van der Waals surface area contributed by atoms with E-state index in [9.17, 15) is 0 Å². The van der Waals surface area contributed by atoms with Crippen LogP contribution in [0, 0.1) is 0 Å². The Balaban J connectivity index is 2.09. The van der Waals surface area contributed by atoms with Gasteiger partial charge in [-0.05, 0) is 28.7 Å². The van der Waals surface area contributed by atoms with Gasteiger partial charge in [-0.25, -0.2) is 0 Å². The number of morpholine rings is 1. The zero-order valence-electron chi connectivity index (χ0n) is 13.8. The van der Waals surface area contributed by atoms with Crippen LogP contribution in [-0.4, -0.2) is 26.3 Å². The van der Waals surface area contributed by atoms with Crippen LogP contribution in [0.2, 0.25) is 0 Å². The first kappa shape index (κ1) is 15.1. The molecule has 2 aromatic rings. The largest absolute Gasteiger partial charge is 0.378 e. The van der Waals surface area contributed by atoms with Gasteiger partial charge in [0.1, 0.15) is 0 Å². The minimum atomic E-state index is 0.160. The summed E-state index contributed by atoms with van der Waals surface area (Å²) >= 11 is 0. The Kier molecular flexibility index (Phi) is 4.21. The summed E-state index contributed by atoms with van der Waals surface area (Å²) in [4.78, 5) is 2.44. The van der Waals surface area contributed by atoms with Crippen LogP contribution >= 0.6 is 0 Å². The minimum absolute atomic E-state index is 0.160. The molecule has 1 aliphatic heterocycles. The lowest BCUT2D eigenvalue weighted by atomic mass is 9.85. The van der Waals surface area contributed by atoms with Crippen molar-refractivity contribution in [2.45, 2.75) is 26.2 Å². The van der Waals surface area contributed by atoms with Crippen LogP contribution in [0.1, 0.15) is 26.3 Å². The third-order valence-electron chi connectivity index (χ3n) is 4.30. The van der Waals surface area contributed by atoms with Crippen molar-refractivity contribution in [2.75, 3.05) is 31.2 Å². The normalized spacial score (nSPS) is 15.9. The number of hydrogen-bond donors (Lipinski definition) is 0. The number of anilines is 1. The predicted octanol–water partition coefficient (Wildman–Crippen LogP) is 4.49. The Morgan fingerprint density at radius 1 is 0.909 bits per heavy atom. The molecule has 0 unspecified atom stereocenters. The average molecular weight is 295 g/mol. The molecule has 0 atom stereocenters.